The van der Waals surface area contributed by atoms with E-state index in [1.165, 1.54) is 24.6 Å². The summed E-state index contributed by atoms with van der Waals surface area (Å²) < 4.78 is 41.6. The molecule has 3 amide bonds. The summed E-state index contributed by atoms with van der Waals surface area (Å²) in [6.45, 7) is 18.3. The first-order valence-electron chi connectivity index (χ1n) is 36.7. The predicted octanol–water partition coefficient (Wildman–Crippen LogP) is 11.8. The lowest BCUT2D eigenvalue weighted by Crippen LogP contribution is -2.47. The van der Waals surface area contributed by atoms with Crippen LogP contribution in [0.3, 0.4) is 0 Å². The van der Waals surface area contributed by atoms with Crippen LogP contribution in [0.25, 0.3) is 65.8 Å². The Morgan fingerprint density at radius 2 is 0.762 bits per heavy atom. The zero-order chi connectivity index (χ0) is 72.0. The Morgan fingerprint density at radius 3 is 1.10 bits per heavy atom. The van der Waals surface area contributed by atoms with Crippen LogP contribution in [-0.4, -0.2) is 197 Å². The molecule has 6 N–H and O–H groups in total. The van der Waals surface area contributed by atoms with Gasteiger partial charge in [0.25, 0.3) is 17.7 Å². The number of benzene rings is 6. The number of aliphatic hydroxyl groups excluding tert-OH is 1. The third-order valence-corrected chi connectivity index (χ3v) is 22.1. The van der Waals surface area contributed by atoms with Gasteiger partial charge in [0.1, 0.15) is 34.9 Å². The number of nitrogens with zero attached hydrogens (tertiary/aromatic N) is 13. The van der Waals surface area contributed by atoms with Crippen LogP contribution in [0.15, 0.2) is 146 Å². The topological polar surface area (TPSA) is 243 Å². The molecule has 0 spiro atoms. The fraction of sp³-hybridized carbons (Fsp3) is 0.362. The normalized spacial score (nSPS) is 19.2. The molecule has 3 atom stereocenters. The zero-order valence-electron chi connectivity index (χ0n) is 59.1. The zero-order valence-corrected chi connectivity index (χ0v) is 59.1. The molecule has 6 fully saturated rings. The summed E-state index contributed by atoms with van der Waals surface area (Å²) >= 11 is 0. The minimum absolute atomic E-state index is 0.0135. The molecular formula is C80H85F3N18O4. The van der Waals surface area contributed by atoms with E-state index in [1.54, 1.807) is 61.1 Å². The molecule has 4 aliphatic heterocycles. The Labute approximate surface area is 605 Å². The number of fused-ring (bicyclic) bond motifs is 6. The number of halogens is 3. The largest absolute Gasteiger partial charge is 0.393 e. The molecule has 10 heterocycles. The number of rotatable bonds is 14. The quantitative estimate of drug-likeness (QED) is 0.0593. The van der Waals surface area contributed by atoms with Gasteiger partial charge in [-0.05, 0) is 187 Å². The molecule has 6 aliphatic rings. The first-order valence-corrected chi connectivity index (χ1v) is 36.7. The van der Waals surface area contributed by atoms with E-state index in [9.17, 15) is 32.7 Å². The number of imidazole rings is 3. The van der Waals surface area contributed by atoms with E-state index >= 15 is 0 Å². The van der Waals surface area contributed by atoms with Crippen molar-refractivity contribution >= 4 is 101 Å². The van der Waals surface area contributed by atoms with E-state index in [1.807, 2.05) is 71.6 Å². The van der Waals surface area contributed by atoms with E-state index in [0.29, 0.717) is 35.6 Å². The van der Waals surface area contributed by atoms with Crippen molar-refractivity contribution in [3.05, 3.63) is 198 Å². The van der Waals surface area contributed by atoms with E-state index in [2.05, 4.69) is 90.7 Å². The molecule has 2 aliphatic carbocycles. The number of anilines is 3. The summed E-state index contributed by atoms with van der Waals surface area (Å²) in [6.07, 6.45) is 10.7. The van der Waals surface area contributed by atoms with Crippen LogP contribution in [0.1, 0.15) is 126 Å². The first kappa shape index (κ1) is 68.8. The van der Waals surface area contributed by atoms with E-state index in [-0.39, 0.29) is 65.4 Å². The molecule has 6 aromatic carbocycles. The third-order valence-electron chi connectivity index (χ3n) is 22.1. The van der Waals surface area contributed by atoms with Gasteiger partial charge < -0.3 is 50.3 Å². The highest BCUT2D eigenvalue weighted by atomic mass is 19.1. The van der Waals surface area contributed by atoms with Gasteiger partial charge in [0, 0.05) is 172 Å². The number of nitrogens with one attached hydrogen (secondary N) is 5. The van der Waals surface area contributed by atoms with Crippen molar-refractivity contribution in [2.24, 2.45) is 0 Å². The highest BCUT2D eigenvalue weighted by Crippen LogP contribution is 2.35. The number of H-pyrrole nitrogens is 3. The van der Waals surface area contributed by atoms with Gasteiger partial charge in [-0.3, -0.25) is 44.0 Å². The lowest BCUT2D eigenvalue weighted by Gasteiger charge is -2.38. The summed E-state index contributed by atoms with van der Waals surface area (Å²) in [7, 11) is 0. The Hall–Kier alpha value is -10.6. The van der Waals surface area contributed by atoms with Crippen molar-refractivity contribution in [3.63, 3.8) is 0 Å². The molecule has 0 bridgehead atoms. The van der Waals surface area contributed by atoms with E-state index < -0.39 is 0 Å². The molecule has 6 aromatic heterocycles. The Bertz CT molecular complexity index is 5200. The standard InChI is InChI=1S/C27H29FN6O2.C27H29FN6O.C26H27FN6O/c1-16(26-31-23-4-2-17(12-24(23)32-26)27(36)30-19-14-20(35)15-19)33-8-10-34(11-9-33)25-6-7-29-22-5-3-18(28)13-21(22)25;1-17(26-31-23-7-5-18(15-24(23)32-26)27(35)30-20-3-2-4-20)33-11-13-34(14-12-33)25-9-10-29-22-8-6-19(28)16-21(22)25;1-17(25-29-22-5-3-18(15-23(22)30-25)26(34)33-9-2-10-33)31-11-13-32(14-12-31)24-7-8-28-21-6-4-19(27)16-20(21)24/h2-7,12-13,16,19-20,35H,8-11,14-15H2,1H3,(H,30,36)(H,31,32);5-10,15-17,20H,2-4,11-14H2,1H3,(H,30,35)(H,31,32);3-8,15-17H,2,9-14H2,1H3,(H,29,30)/t16-,19?,20?;2*17-/m111/s1. The summed E-state index contributed by atoms with van der Waals surface area (Å²) in [5.41, 5.74) is 12.6. The van der Waals surface area contributed by atoms with Gasteiger partial charge >= 0.3 is 0 Å². The van der Waals surface area contributed by atoms with Crippen LogP contribution in [0.2, 0.25) is 0 Å². The number of hydrogen-bond acceptors (Lipinski definition) is 16. The fourth-order valence-corrected chi connectivity index (χ4v) is 15.3. The molecule has 12 aromatic rings. The average Bonchev–Trinajstić information content (AvgIpc) is 1.80. The molecular weight excluding hydrogens is 1330 g/mol. The highest BCUT2D eigenvalue weighted by molar-refractivity contribution is 6.00. The maximum atomic E-state index is 13.9. The van der Waals surface area contributed by atoms with Gasteiger partial charge in [0.05, 0.1) is 73.9 Å². The van der Waals surface area contributed by atoms with Crippen LogP contribution in [0.4, 0.5) is 30.2 Å². The second-order valence-corrected chi connectivity index (χ2v) is 28.7. The van der Waals surface area contributed by atoms with E-state index in [0.717, 1.165) is 211 Å². The van der Waals surface area contributed by atoms with Gasteiger partial charge in [0.15, 0.2) is 0 Å². The van der Waals surface area contributed by atoms with Gasteiger partial charge in [0.2, 0.25) is 0 Å². The van der Waals surface area contributed by atoms with Crippen LogP contribution < -0.4 is 25.3 Å². The van der Waals surface area contributed by atoms with Crippen molar-refractivity contribution in [2.75, 3.05) is 106 Å². The SMILES string of the molecule is C[C@H](c1nc2ccc(C(=O)N3CCC3)cc2[nH]1)N1CCN(c2ccnc3ccc(F)cc23)CC1.C[C@H](c1nc2ccc(C(=O)NC3CC(O)C3)cc2[nH]1)N1CCN(c2ccnc3ccc(F)cc23)CC1.C[C@H](c1nc2ccc(C(=O)NC3CCC3)cc2[nH]1)N1CCN(c2ccnc3ccc(F)cc23)CC1. The lowest BCUT2D eigenvalue weighted by molar-refractivity contribution is 0.0561. The van der Waals surface area contributed by atoms with Crippen LogP contribution in [0.5, 0.6) is 0 Å². The highest BCUT2D eigenvalue weighted by Gasteiger charge is 2.32. The van der Waals surface area contributed by atoms with Crippen molar-refractivity contribution in [3.8, 4) is 0 Å². The average molecular weight is 1420 g/mol. The Morgan fingerprint density at radius 1 is 0.419 bits per heavy atom. The number of aliphatic hydroxyl groups is 1. The smallest absolute Gasteiger partial charge is 0.253 e. The number of aromatic amines is 3. The third kappa shape index (κ3) is 14.6. The maximum absolute atomic E-state index is 13.9. The van der Waals surface area contributed by atoms with Crippen LogP contribution in [-0.2, 0) is 0 Å². The molecule has 25 heteroatoms. The molecule has 540 valence electrons. The molecule has 4 saturated heterocycles. The number of carbonyl (C=O) groups excluding carboxylic acids is 3. The van der Waals surface area contributed by atoms with Gasteiger partial charge in [-0.2, -0.15) is 0 Å². The van der Waals surface area contributed by atoms with Gasteiger partial charge in [-0.25, -0.2) is 28.1 Å². The Balaban J connectivity index is 0.000000121. The number of likely N-dealkylation sites (tertiary alicyclic amines) is 1. The molecule has 22 nitrogen and oxygen atoms in total. The molecule has 0 unspecified atom stereocenters. The van der Waals surface area contributed by atoms with Crippen molar-refractivity contribution in [2.45, 2.75) is 95.6 Å². The number of aromatic nitrogens is 9. The molecule has 0 radical (unpaired) electrons. The fourth-order valence-electron chi connectivity index (χ4n) is 15.3. The monoisotopic (exact) mass is 1420 g/mol. The second-order valence-electron chi connectivity index (χ2n) is 28.7. The molecule has 18 rings (SSSR count). The summed E-state index contributed by atoms with van der Waals surface area (Å²) in [5, 5.41) is 18.1. The number of amides is 3. The number of hydrogen-bond donors (Lipinski definition) is 6. The van der Waals surface area contributed by atoms with Crippen molar-refractivity contribution < 1.29 is 32.7 Å². The lowest BCUT2D eigenvalue weighted by atomic mass is 9.89. The van der Waals surface area contributed by atoms with Crippen molar-refractivity contribution in [1.29, 1.82) is 0 Å². The minimum Gasteiger partial charge on any atom is -0.393 e. The summed E-state index contributed by atoms with van der Waals surface area (Å²) in [4.78, 5) is 91.5. The first-order chi connectivity index (χ1) is 51.1. The van der Waals surface area contributed by atoms with Gasteiger partial charge in [-0.1, -0.05) is 0 Å². The number of carbonyl (C=O) groups is 3. The number of piperazine rings is 3. The summed E-state index contributed by atoms with van der Waals surface area (Å²) in [5.74, 6) is 1.90. The second kappa shape index (κ2) is 29.5. The molecule has 105 heavy (non-hydrogen) atoms. The van der Waals surface area contributed by atoms with Crippen LogP contribution in [0, 0.1) is 17.5 Å². The Kier molecular flexibility index (Phi) is 19.3. The minimum atomic E-state index is -0.302. The molecule has 2 saturated carbocycles. The maximum Gasteiger partial charge on any atom is 0.253 e. The van der Waals surface area contributed by atoms with Crippen LogP contribution >= 0.6 is 0 Å². The van der Waals surface area contributed by atoms with Gasteiger partial charge in [-0.15, -0.1) is 0 Å². The predicted molar refractivity (Wildman–Crippen MR) is 402 cm³/mol. The number of pyridine rings is 3. The van der Waals surface area contributed by atoms with E-state index in [4.69, 9.17) is 15.0 Å². The summed E-state index contributed by atoms with van der Waals surface area (Å²) in [6, 6.07) is 37.7. The van der Waals surface area contributed by atoms with Crippen molar-refractivity contribution in [1.82, 2.24) is 75.1 Å².